The molecule has 0 aliphatic carbocycles. The molecule has 64 heavy (non-hydrogen) atoms. The molecule has 0 aromatic heterocycles. The van der Waals surface area contributed by atoms with Crippen LogP contribution < -0.4 is 0 Å². The zero-order chi connectivity index (χ0) is 47.7. The van der Waals surface area contributed by atoms with Crippen molar-refractivity contribution in [1.29, 1.82) is 0 Å². The molecule has 16 nitrogen and oxygen atoms in total. The number of hydrogen-bond donors (Lipinski definition) is 7. The smallest absolute Gasteiger partial charge is 0.462 e. The fourth-order valence-corrected chi connectivity index (χ4v) is 6.41. The standard InChI is InChI=1S/C46H76O16P2/c1-3-5-7-8-9-10-11-12-13-14-15-16-17-18-19-24-28-34-46(52)62-42(39-61-64(56,57)60-37-41(48)36-59-63(53,54)55)38-58-45(51)35-29-33-44(50)43(49)32-27-23-21-20-22-26-31-40(47)30-25-6-4-2/h9-10,12-13,15-16,18-23,26-27,31-32,40-44,47-50H,3-8,11,14,17,24-25,28-30,33-39H2,1-2H3,(H,56,57)(H2,53,54,55)/b10-9-,13-12-,16-15-,19-18-,22-20-,23-21+,31-26+,32-27+/t40-,41+,42-,43-,44-/m1/s1. The van der Waals surface area contributed by atoms with Crippen LogP contribution in [0.3, 0.4) is 0 Å². The fourth-order valence-electron chi connectivity index (χ4n) is 5.25. The van der Waals surface area contributed by atoms with Crippen LogP contribution in [0.1, 0.15) is 123 Å². The van der Waals surface area contributed by atoms with Crippen LogP contribution in [0.2, 0.25) is 0 Å². The number of carbonyl (C=O) groups is 2. The lowest BCUT2D eigenvalue weighted by atomic mass is 10.1. The van der Waals surface area contributed by atoms with E-state index in [2.05, 4.69) is 59.4 Å². The van der Waals surface area contributed by atoms with E-state index in [-0.39, 0.29) is 25.7 Å². The maximum Gasteiger partial charge on any atom is 0.472 e. The highest BCUT2D eigenvalue weighted by Crippen LogP contribution is 2.43. The lowest BCUT2D eigenvalue weighted by Gasteiger charge is -2.20. The number of esters is 2. The Balaban J connectivity index is 4.93. The van der Waals surface area contributed by atoms with E-state index in [1.807, 2.05) is 12.2 Å². The van der Waals surface area contributed by atoms with Crippen LogP contribution in [-0.2, 0) is 41.8 Å². The van der Waals surface area contributed by atoms with Gasteiger partial charge in [0.05, 0.1) is 38.1 Å². The first-order chi connectivity index (χ1) is 30.6. The molecule has 0 radical (unpaired) electrons. The summed E-state index contributed by atoms with van der Waals surface area (Å²) < 4.78 is 47.5. The highest BCUT2D eigenvalue weighted by molar-refractivity contribution is 7.47. The van der Waals surface area contributed by atoms with Crippen LogP contribution in [0.5, 0.6) is 0 Å². The zero-order valence-corrected chi connectivity index (χ0v) is 39.5. The van der Waals surface area contributed by atoms with Crippen LogP contribution in [0.4, 0.5) is 0 Å². The fraction of sp³-hybridized carbons (Fsp3) is 0.609. The molecule has 0 spiro atoms. The SMILES string of the molecule is CCCCC/C=C\C/C=C\C/C=C\C/C=C\CCCC(=O)O[C@H](COC(=O)CCC[C@@H](O)[C@H](O)/C=C/C=C/C=C\C=C\[C@H](O)CCCCC)COP(=O)(O)OC[C@@H](O)COP(=O)(O)O. The molecule has 0 fully saturated rings. The molecule has 0 saturated carbocycles. The predicted molar refractivity (Wildman–Crippen MR) is 248 cm³/mol. The van der Waals surface area contributed by atoms with Crippen molar-refractivity contribution in [2.45, 2.75) is 154 Å². The minimum atomic E-state index is -4.91. The summed E-state index contributed by atoms with van der Waals surface area (Å²) in [6.45, 7) is 1.16. The number of hydrogen-bond acceptors (Lipinski definition) is 13. The van der Waals surface area contributed by atoms with Gasteiger partial charge in [-0.3, -0.25) is 23.2 Å². The summed E-state index contributed by atoms with van der Waals surface area (Å²) in [6.07, 6.45) is 36.3. The second kappa shape index (κ2) is 40.2. The van der Waals surface area contributed by atoms with Gasteiger partial charge in [-0.1, -0.05) is 143 Å². The van der Waals surface area contributed by atoms with Crippen molar-refractivity contribution in [3.05, 3.63) is 97.2 Å². The maximum atomic E-state index is 12.7. The van der Waals surface area contributed by atoms with E-state index in [1.165, 1.54) is 25.3 Å². The summed E-state index contributed by atoms with van der Waals surface area (Å²) in [7, 11) is -9.82. The van der Waals surface area contributed by atoms with E-state index in [0.29, 0.717) is 12.8 Å². The molecule has 0 aliphatic rings. The van der Waals surface area contributed by atoms with Gasteiger partial charge in [-0.05, 0) is 64.2 Å². The van der Waals surface area contributed by atoms with E-state index in [0.717, 1.165) is 51.4 Å². The highest BCUT2D eigenvalue weighted by Gasteiger charge is 2.28. The van der Waals surface area contributed by atoms with Crippen LogP contribution in [0.15, 0.2) is 97.2 Å². The Morgan fingerprint density at radius 2 is 1.06 bits per heavy atom. The molecule has 7 N–H and O–H groups in total. The molecule has 6 atom stereocenters. The van der Waals surface area contributed by atoms with Gasteiger partial charge in [0, 0.05) is 12.8 Å². The largest absolute Gasteiger partial charge is 0.472 e. The summed E-state index contributed by atoms with van der Waals surface area (Å²) in [5.74, 6) is -1.44. The van der Waals surface area contributed by atoms with Crippen molar-refractivity contribution in [2.75, 3.05) is 26.4 Å². The Labute approximate surface area is 380 Å². The quantitative estimate of drug-likeness (QED) is 0.0100. The first kappa shape index (κ1) is 60.9. The Hall–Kier alpha value is -3.08. The Morgan fingerprint density at radius 3 is 1.67 bits per heavy atom. The van der Waals surface area contributed by atoms with Crippen molar-refractivity contribution < 1.29 is 76.9 Å². The van der Waals surface area contributed by atoms with Crippen molar-refractivity contribution in [2.24, 2.45) is 0 Å². The molecule has 0 saturated heterocycles. The van der Waals surface area contributed by atoms with E-state index < -0.39 is 84.5 Å². The number of carbonyl (C=O) groups excluding carboxylic acids is 2. The molecular weight excluding hydrogens is 870 g/mol. The molecule has 0 bridgehead atoms. The number of phosphoric ester groups is 2. The summed E-state index contributed by atoms with van der Waals surface area (Å²) in [5, 5.41) is 40.2. The average molecular weight is 947 g/mol. The van der Waals surface area contributed by atoms with Crippen molar-refractivity contribution in [3.63, 3.8) is 0 Å². The van der Waals surface area contributed by atoms with Gasteiger partial charge in [-0.25, -0.2) is 9.13 Å². The Morgan fingerprint density at radius 1 is 0.547 bits per heavy atom. The van der Waals surface area contributed by atoms with Gasteiger partial charge in [-0.2, -0.15) is 0 Å². The number of allylic oxidation sites excluding steroid dienone is 14. The third kappa shape index (κ3) is 41.6. The molecule has 366 valence electrons. The Bertz CT molecular complexity index is 1550. The van der Waals surface area contributed by atoms with Crippen molar-refractivity contribution in [3.8, 4) is 0 Å². The lowest BCUT2D eigenvalue weighted by molar-refractivity contribution is -0.161. The second-order valence-corrected chi connectivity index (χ2v) is 17.5. The normalized spacial score (nSPS) is 16.3. The molecular formula is C46H76O16P2. The summed E-state index contributed by atoms with van der Waals surface area (Å²) in [5.41, 5.74) is 0. The van der Waals surface area contributed by atoms with Crippen LogP contribution >= 0.6 is 15.6 Å². The van der Waals surface area contributed by atoms with Crippen LogP contribution in [0.25, 0.3) is 0 Å². The molecule has 1 unspecified atom stereocenters. The van der Waals surface area contributed by atoms with Crippen molar-refractivity contribution >= 4 is 27.6 Å². The first-order valence-corrected chi connectivity index (χ1v) is 25.3. The van der Waals surface area contributed by atoms with Gasteiger partial charge in [0.25, 0.3) is 0 Å². The summed E-state index contributed by atoms with van der Waals surface area (Å²) in [4.78, 5) is 52.7. The van der Waals surface area contributed by atoms with Crippen molar-refractivity contribution in [1.82, 2.24) is 0 Å². The number of aliphatic hydroxyl groups excluding tert-OH is 4. The van der Waals surface area contributed by atoms with Gasteiger partial charge in [0.2, 0.25) is 0 Å². The first-order valence-electron chi connectivity index (χ1n) is 22.3. The molecule has 18 heteroatoms. The molecule has 0 aromatic carbocycles. The van der Waals surface area contributed by atoms with E-state index >= 15 is 0 Å². The minimum absolute atomic E-state index is 0.0235. The van der Waals surface area contributed by atoms with Crippen LogP contribution in [0, 0.1) is 0 Å². The van der Waals surface area contributed by atoms with Gasteiger partial charge >= 0.3 is 27.6 Å². The minimum Gasteiger partial charge on any atom is -0.462 e. The van der Waals surface area contributed by atoms with Gasteiger partial charge in [0.1, 0.15) is 12.7 Å². The van der Waals surface area contributed by atoms with E-state index in [1.54, 1.807) is 42.5 Å². The van der Waals surface area contributed by atoms with E-state index in [9.17, 15) is 44.0 Å². The lowest BCUT2D eigenvalue weighted by Crippen LogP contribution is -2.30. The monoisotopic (exact) mass is 946 g/mol. The number of rotatable bonds is 40. The topological polar surface area (TPSA) is 256 Å². The highest BCUT2D eigenvalue weighted by atomic mass is 31.2. The molecule has 0 aliphatic heterocycles. The number of ether oxygens (including phenoxy) is 2. The van der Waals surface area contributed by atoms with E-state index in [4.69, 9.17) is 23.8 Å². The third-order valence-corrected chi connectivity index (χ3v) is 10.2. The third-order valence-electron chi connectivity index (χ3n) is 8.80. The molecule has 0 amide bonds. The molecule has 0 rings (SSSR count). The molecule has 0 heterocycles. The number of phosphoric acid groups is 2. The summed E-state index contributed by atoms with van der Waals surface area (Å²) >= 11 is 0. The second-order valence-electron chi connectivity index (χ2n) is 14.8. The van der Waals surface area contributed by atoms with Gasteiger partial charge in [-0.15, -0.1) is 0 Å². The zero-order valence-electron chi connectivity index (χ0n) is 37.7. The predicted octanol–water partition coefficient (Wildman–Crippen LogP) is 8.25. The van der Waals surface area contributed by atoms with Gasteiger partial charge < -0.3 is 44.6 Å². The van der Waals surface area contributed by atoms with Gasteiger partial charge in [0.15, 0.2) is 6.10 Å². The average Bonchev–Trinajstić information content (AvgIpc) is 3.24. The maximum absolute atomic E-state index is 12.7. The summed E-state index contributed by atoms with van der Waals surface area (Å²) in [6, 6.07) is 0. The Kier molecular flexibility index (Phi) is 38.3. The molecule has 0 aromatic rings. The number of unbranched alkanes of at least 4 members (excludes halogenated alkanes) is 6. The van der Waals surface area contributed by atoms with Crippen LogP contribution in [-0.4, -0.2) is 104 Å². The number of aliphatic hydroxyl groups is 4.